The lowest BCUT2D eigenvalue weighted by molar-refractivity contribution is 0.310. The number of aromatic amines is 1. The van der Waals surface area contributed by atoms with Gasteiger partial charge >= 0.3 is 0 Å². The predicted octanol–water partition coefficient (Wildman–Crippen LogP) is 3.10. The molecule has 0 aliphatic carbocycles. The Morgan fingerprint density at radius 1 is 1.09 bits per heavy atom. The summed E-state index contributed by atoms with van der Waals surface area (Å²) >= 11 is 0. The standard InChI is InChI=1S/C24H25FN8O2/c1-32-8-10-33(11-9-32)22-19(35-2)13-16(14-27-22)28-24-26-7-6-20(30-24)29-18-12-15-4-3-5-17(25)21(15)31-23(18)34/h3-7,12-14H,8-11H2,1-2H3,(H,31,34)(H2,26,28,29,30). The molecule has 1 aliphatic heterocycles. The van der Waals surface area contributed by atoms with Crippen molar-refractivity contribution in [1.29, 1.82) is 0 Å². The van der Waals surface area contributed by atoms with Crippen LogP contribution in [-0.4, -0.2) is 65.2 Å². The van der Waals surface area contributed by atoms with Gasteiger partial charge < -0.3 is 30.2 Å². The molecule has 180 valence electrons. The van der Waals surface area contributed by atoms with Crippen LogP contribution in [0.3, 0.4) is 0 Å². The third-order valence-corrected chi connectivity index (χ3v) is 5.86. The van der Waals surface area contributed by atoms with E-state index in [1.807, 2.05) is 6.07 Å². The molecule has 35 heavy (non-hydrogen) atoms. The molecule has 3 aromatic heterocycles. The molecule has 0 bridgehead atoms. The molecule has 4 heterocycles. The maximum absolute atomic E-state index is 13.9. The quantitative estimate of drug-likeness (QED) is 0.387. The van der Waals surface area contributed by atoms with Crippen LogP contribution >= 0.6 is 0 Å². The van der Waals surface area contributed by atoms with Gasteiger partial charge in [-0.25, -0.2) is 14.4 Å². The van der Waals surface area contributed by atoms with Crippen LogP contribution in [-0.2, 0) is 0 Å². The fraction of sp³-hybridized carbons (Fsp3) is 0.250. The first-order valence-electron chi connectivity index (χ1n) is 11.2. The van der Waals surface area contributed by atoms with Crippen molar-refractivity contribution in [1.82, 2.24) is 24.8 Å². The highest BCUT2D eigenvalue weighted by Crippen LogP contribution is 2.30. The predicted molar refractivity (Wildman–Crippen MR) is 134 cm³/mol. The van der Waals surface area contributed by atoms with Gasteiger partial charge in [0.1, 0.15) is 17.3 Å². The number of benzene rings is 1. The number of likely N-dealkylation sites (N-methyl/N-ethyl adjacent to an activating group) is 1. The van der Waals surface area contributed by atoms with Crippen LogP contribution in [0.5, 0.6) is 5.75 Å². The molecule has 0 amide bonds. The number of anilines is 5. The van der Waals surface area contributed by atoms with E-state index in [2.05, 4.69) is 47.4 Å². The van der Waals surface area contributed by atoms with Crippen molar-refractivity contribution >= 4 is 39.9 Å². The molecule has 1 aromatic carbocycles. The minimum Gasteiger partial charge on any atom is -0.493 e. The molecular formula is C24H25FN8O2. The van der Waals surface area contributed by atoms with Crippen molar-refractivity contribution in [3.63, 3.8) is 0 Å². The number of hydrogen-bond donors (Lipinski definition) is 3. The van der Waals surface area contributed by atoms with Crippen molar-refractivity contribution in [2.24, 2.45) is 0 Å². The van der Waals surface area contributed by atoms with Gasteiger partial charge in [-0.1, -0.05) is 12.1 Å². The number of H-pyrrole nitrogens is 1. The van der Waals surface area contributed by atoms with E-state index in [-0.39, 0.29) is 11.2 Å². The number of halogens is 1. The molecule has 11 heteroatoms. The fourth-order valence-electron chi connectivity index (χ4n) is 3.96. The van der Waals surface area contributed by atoms with E-state index in [9.17, 15) is 9.18 Å². The average Bonchev–Trinajstić information content (AvgIpc) is 2.86. The van der Waals surface area contributed by atoms with Gasteiger partial charge in [0.15, 0.2) is 11.6 Å². The third-order valence-electron chi connectivity index (χ3n) is 5.86. The van der Waals surface area contributed by atoms with Gasteiger partial charge in [-0.2, -0.15) is 4.98 Å². The van der Waals surface area contributed by atoms with Crippen LogP contribution < -0.4 is 25.8 Å². The zero-order valence-electron chi connectivity index (χ0n) is 19.4. The highest BCUT2D eigenvalue weighted by atomic mass is 19.1. The molecular weight excluding hydrogens is 451 g/mol. The molecule has 1 saturated heterocycles. The molecule has 1 aliphatic rings. The number of piperazine rings is 1. The van der Waals surface area contributed by atoms with Gasteiger partial charge in [0.25, 0.3) is 5.56 Å². The van der Waals surface area contributed by atoms with Gasteiger partial charge in [0, 0.05) is 43.8 Å². The van der Waals surface area contributed by atoms with Gasteiger partial charge in [-0.15, -0.1) is 0 Å². The van der Waals surface area contributed by atoms with Crippen LogP contribution in [0.1, 0.15) is 0 Å². The minimum absolute atomic E-state index is 0.162. The molecule has 0 spiro atoms. The third kappa shape index (κ3) is 4.85. The summed E-state index contributed by atoms with van der Waals surface area (Å²) < 4.78 is 19.5. The first kappa shape index (κ1) is 22.5. The van der Waals surface area contributed by atoms with E-state index in [1.54, 1.807) is 43.8 Å². The van der Waals surface area contributed by atoms with E-state index >= 15 is 0 Å². The summed E-state index contributed by atoms with van der Waals surface area (Å²) in [5, 5.41) is 6.67. The maximum atomic E-state index is 13.9. The molecule has 3 N–H and O–H groups in total. The number of fused-ring (bicyclic) bond motifs is 1. The molecule has 0 radical (unpaired) electrons. The Morgan fingerprint density at radius 2 is 1.91 bits per heavy atom. The Kier molecular flexibility index (Phi) is 6.15. The van der Waals surface area contributed by atoms with Crippen LogP contribution in [0, 0.1) is 5.82 Å². The van der Waals surface area contributed by atoms with Crippen molar-refractivity contribution < 1.29 is 9.13 Å². The lowest BCUT2D eigenvalue weighted by Crippen LogP contribution is -2.44. The van der Waals surface area contributed by atoms with Gasteiger partial charge in [0.2, 0.25) is 5.95 Å². The Labute approximate surface area is 200 Å². The average molecular weight is 477 g/mol. The van der Waals surface area contributed by atoms with Crippen molar-refractivity contribution in [2.45, 2.75) is 0 Å². The Bertz CT molecular complexity index is 1420. The zero-order valence-corrected chi connectivity index (χ0v) is 19.4. The number of methoxy groups -OCH3 is 1. The fourth-order valence-corrected chi connectivity index (χ4v) is 3.96. The van der Waals surface area contributed by atoms with E-state index in [1.165, 1.54) is 6.07 Å². The lowest BCUT2D eigenvalue weighted by atomic mass is 10.2. The monoisotopic (exact) mass is 476 g/mol. The number of rotatable bonds is 6. The SMILES string of the molecule is COc1cc(Nc2nccc(Nc3cc4cccc(F)c4[nH]c3=O)n2)cnc1N1CCN(C)CC1. The van der Waals surface area contributed by atoms with E-state index in [0.29, 0.717) is 28.6 Å². The minimum atomic E-state index is -0.484. The summed E-state index contributed by atoms with van der Waals surface area (Å²) in [6.07, 6.45) is 3.28. The van der Waals surface area contributed by atoms with E-state index in [4.69, 9.17) is 4.74 Å². The second-order valence-corrected chi connectivity index (χ2v) is 8.27. The Morgan fingerprint density at radius 3 is 2.71 bits per heavy atom. The van der Waals surface area contributed by atoms with Gasteiger partial charge in [-0.05, 0) is 25.2 Å². The number of para-hydroxylation sites is 1. The molecule has 4 aromatic rings. The van der Waals surface area contributed by atoms with Crippen molar-refractivity contribution in [3.05, 3.63) is 65.0 Å². The summed E-state index contributed by atoms with van der Waals surface area (Å²) in [5.41, 5.74) is 0.613. The summed E-state index contributed by atoms with van der Waals surface area (Å²) in [6.45, 7) is 3.69. The molecule has 0 saturated carbocycles. The number of ether oxygens (including phenoxy) is 1. The maximum Gasteiger partial charge on any atom is 0.272 e. The normalized spacial score (nSPS) is 14.2. The zero-order chi connectivity index (χ0) is 24.4. The van der Waals surface area contributed by atoms with Crippen LogP contribution in [0.25, 0.3) is 10.9 Å². The summed E-state index contributed by atoms with van der Waals surface area (Å²) in [4.78, 5) is 32.8. The largest absolute Gasteiger partial charge is 0.493 e. The second-order valence-electron chi connectivity index (χ2n) is 8.27. The van der Waals surface area contributed by atoms with Crippen molar-refractivity contribution in [3.8, 4) is 5.75 Å². The lowest BCUT2D eigenvalue weighted by Gasteiger charge is -2.33. The highest BCUT2D eigenvalue weighted by molar-refractivity contribution is 5.82. The number of pyridine rings is 2. The number of nitrogens with zero attached hydrogens (tertiary/aromatic N) is 5. The van der Waals surface area contributed by atoms with E-state index in [0.717, 1.165) is 32.0 Å². The summed E-state index contributed by atoms with van der Waals surface area (Å²) in [7, 11) is 3.72. The summed E-state index contributed by atoms with van der Waals surface area (Å²) in [6, 6.07) is 9.68. The summed E-state index contributed by atoms with van der Waals surface area (Å²) in [5.74, 6) is 1.69. The van der Waals surface area contributed by atoms with Crippen LogP contribution in [0.4, 0.5) is 33.3 Å². The molecule has 1 fully saturated rings. The van der Waals surface area contributed by atoms with Gasteiger partial charge in [-0.3, -0.25) is 4.79 Å². The number of nitrogens with one attached hydrogen (secondary N) is 3. The molecule has 0 unspecified atom stereocenters. The van der Waals surface area contributed by atoms with Gasteiger partial charge in [0.05, 0.1) is 24.5 Å². The molecule has 5 rings (SSSR count). The molecule has 10 nitrogen and oxygen atoms in total. The van der Waals surface area contributed by atoms with Crippen LogP contribution in [0.2, 0.25) is 0 Å². The van der Waals surface area contributed by atoms with Crippen LogP contribution in [0.15, 0.2) is 53.6 Å². The number of hydrogen-bond acceptors (Lipinski definition) is 9. The smallest absolute Gasteiger partial charge is 0.272 e. The number of aromatic nitrogens is 4. The first-order valence-corrected chi connectivity index (χ1v) is 11.2. The topological polar surface area (TPSA) is 111 Å². The Hall–Kier alpha value is -4.25. The van der Waals surface area contributed by atoms with E-state index < -0.39 is 11.4 Å². The molecule has 0 atom stereocenters. The van der Waals surface area contributed by atoms with Crippen molar-refractivity contribution in [2.75, 3.05) is 55.9 Å². The first-order chi connectivity index (χ1) is 17.0. The Balaban J connectivity index is 1.35. The second kappa shape index (κ2) is 9.55. The highest BCUT2D eigenvalue weighted by Gasteiger charge is 2.19.